The maximum absolute atomic E-state index is 15.1. The van der Waals surface area contributed by atoms with Crippen molar-refractivity contribution in [2.45, 2.75) is 31.4 Å². The minimum atomic E-state index is -1.04. The zero-order valence-corrected chi connectivity index (χ0v) is 25.8. The number of nitrogens with one attached hydrogen (secondary N) is 1. The number of carbonyl (C=O) groups excluding carboxylic acids is 5. The molecule has 0 bridgehead atoms. The van der Waals surface area contributed by atoms with Crippen molar-refractivity contribution in [3.63, 3.8) is 0 Å². The number of ether oxygens (including phenoxy) is 2. The molecule has 0 aliphatic carbocycles. The number of benzene rings is 1. The quantitative estimate of drug-likeness (QED) is 0.284. The van der Waals surface area contributed by atoms with Gasteiger partial charge in [0.05, 0.1) is 41.2 Å². The zero-order chi connectivity index (χ0) is 31.1. The van der Waals surface area contributed by atoms with Crippen LogP contribution in [0.25, 0.3) is 0 Å². The number of anilines is 2. The van der Waals surface area contributed by atoms with E-state index in [-0.39, 0.29) is 68.1 Å². The average molecular weight is 677 g/mol. The third-order valence-corrected chi connectivity index (χ3v) is 7.98. The van der Waals surface area contributed by atoms with E-state index in [1.807, 2.05) is 0 Å². The molecule has 2 atom stereocenters. The van der Waals surface area contributed by atoms with Crippen molar-refractivity contribution in [1.82, 2.24) is 10.2 Å². The summed E-state index contributed by atoms with van der Waals surface area (Å²) in [5.74, 6) is -2.74. The van der Waals surface area contributed by atoms with Crippen LogP contribution in [0.3, 0.4) is 0 Å². The Morgan fingerprint density at radius 2 is 1.98 bits per heavy atom. The molecule has 1 aromatic heterocycles. The fourth-order valence-corrected chi connectivity index (χ4v) is 5.50. The van der Waals surface area contributed by atoms with Crippen LogP contribution in [0.2, 0.25) is 4.34 Å². The highest BCUT2D eigenvalue weighted by Crippen LogP contribution is 2.30. The third kappa shape index (κ3) is 8.64. The summed E-state index contributed by atoms with van der Waals surface area (Å²) in [6.45, 7) is -0.212. The molecule has 4 N–H and O–H groups in total. The first-order valence-corrected chi connectivity index (χ1v) is 14.7. The Hall–Kier alpha value is -3.34. The van der Waals surface area contributed by atoms with Gasteiger partial charge >= 0.3 is 6.09 Å². The van der Waals surface area contributed by atoms with Gasteiger partial charge in [-0.3, -0.25) is 29.0 Å². The fraction of sp³-hybridized carbons (Fsp3) is 0.444. The minimum Gasteiger partial charge on any atom is -0.442 e. The predicted octanol–water partition coefficient (Wildman–Crippen LogP) is 1.93. The number of cyclic esters (lactones) is 1. The van der Waals surface area contributed by atoms with E-state index in [0.717, 1.165) is 27.2 Å². The van der Waals surface area contributed by atoms with Crippen molar-refractivity contribution >= 4 is 76.4 Å². The second-order valence-electron chi connectivity index (χ2n) is 9.80. The molecular formula is C27H32Cl2FN5O8S. The van der Waals surface area contributed by atoms with Crippen LogP contribution >= 0.6 is 35.3 Å². The van der Waals surface area contributed by atoms with E-state index in [1.165, 1.54) is 29.2 Å². The number of hydrogen-bond donors (Lipinski definition) is 3. The van der Waals surface area contributed by atoms with Crippen LogP contribution in [-0.2, 0) is 23.9 Å². The Kier molecular flexibility index (Phi) is 12.9. The molecule has 0 unspecified atom stereocenters. The lowest BCUT2D eigenvalue weighted by Gasteiger charge is -2.27. The smallest absolute Gasteiger partial charge is 0.414 e. The van der Waals surface area contributed by atoms with E-state index >= 15 is 4.39 Å². The highest BCUT2D eigenvalue weighted by atomic mass is 35.5. The first kappa shape index (κ1) is 35.1. The number of halogens is 3. The van der Waals surface area contributed by atoms with Crippen molar-refractivity contribution in [3.05, 3.63) is 45.4 Å². The number of rotatable bonds is 12. The monoisotopic (exact) mass is 675 g/mol. The van der Waals surface area contributed by atoms with Crippen LogP contribution in [0.1, 0.15) is 28.9 Å². The number of thiophene rings is 1. The van der Waals surface area contributed by atoms with Gasteiger partial charge in [0.1, 0.15) is 24.6 Å². The van der Waals surface area contributed by atoms with Gasteiger partial charge in [0, 0.05) is 25.2 Å². The lowest BCUT2D eigenvalue weighted by atomic mass is 10.2. The fourth-order valence-electron chi connectivity index (χ4n) is 4.51. The van der Waals surface area contributed by atoms with Crippen LogP contribution in [-0.4, -0.2) is 97.9 Å². The van der Waals surface area contributed by atoms with Crippen LogP contribution in [0.4, 0.5) is 20.6 Å². The molecule has 13 nitrogen and oxygen atoms in total. The number of hydrogen-bond acceptors (Lipinski definition) is 10. The molecule has 0 saturated carbocycles. The molecule has 17 heteroatoms. The average Bonchev–Trinajstić information content (AvgIpc) is 3.59. The van der Waals surface area contributed by atoms with Crippen LogP contribution in [0.15, 0.2) is 30.3 Å². The van der Waals surface area contributed by atoms with Crippen molar-refractivity contribution in [2.24, 2.45) is 5.73 Å². The summed E-state index contributed by atoms with van der Waals surface area (Å²) in [5, 5.41) is 11.5. The maximum Gasteiger partial charge on any atom is 0.414 e. The predicted molar refractivity (Wildman–Crippen MR) is 162 cm³/mol. The van der Waals surface area contributed by atoms with Gasteiger partial charge in [0.15, 0.2) is 0 Å². The van der Waals surface area contributed by atoms with Gasteiger partial charge in [-0.1, -0.05) is 11.6 Å². The maximum atomic E-state index is 15.1. The number of imide groups is 1. The summed E-state index contributed by atoms with van der Waals surface area (Å²) in [4.78, 5) is 66.7. The SMILES string of the molecule is Cl.N[C@@H](CO)C(=O)NCCCCC(=O)N(C[C@H]1CN(c2ccc(N3CCOCC3=O)cc2F)C(=O)O1)C(=O)c1ccc(Cl)s1. The molecule has 2 fully saturated rings. The van der Waals surface area contributed by atoms with Crippen molar-refractivity contribution in [1.29, 1.82) is 0 Å². The van der Waals surface area contributed by atoms with Crippen LogP contribution in [0.5, 0.6) is 0 Å². The lowest BCUT2D eigenvalue weighted by Crippen LogP contribution is -2.43. The molecule has 2 aromatic rings. The van der Waals surface area contributed by atoms with Gasteiger partial charge in [-0.05, 0) is 43.2 Å². The summed E-state index contributed by atoms with van der Waals surface area (Å²) >= 11 is 6.98. The number of aliphatic hydroxyl groups excluding tert-OH is 1. The molecular weight excluding hydrogens is 644 g/mol. The van der Waals surface area contributed by atoms with Gasteiger partial charge in [-0.25, -0.2) is 9.18 Å². The number of amides is 5. The number of nitrogens with two attached hydrogens (primary N) is 1. The Morgan fingerprint density at radius 3 is 2.64 bits per heavy atom. The Balaban J connectivity index is 0.00000529. The van der Waals surface area contributed by atoms with E-state index < -0.39 is 48.4 Å². The summed E-state index contributed by atoms with van der Waals surface area (Å²) in [6.07, 6.45) is -1.12. The zero-order valence-electron chi connectivity index (χ0n) is 23.4. The molecule has 1 aromatic carbocycles. The van der Waals surface area contributed by atoms with Gasteiger partial charge in [0.25, 0.3) is 11.8 Å². The van der Waals surface area contributed by atoms with Crippen molar-refractivity contribution in [2.75, 3.05) is 55.8 Å². The molecule has 240 valence electrons. The molecule has 4 rings (SSSR count). The molecule has 2 aliphatic rings. The van der Waals surface area contributed by atoms with E-state index in [1.54, 1.807) is 0 Å². The number of nitrogens with zero attached hydrogens (tertiary/aromatic N) is 3. The summed E-state index contributed by atoms with van der Waals surface area (Å²) < 4.78 is 26.0. The van der Waals surface area contributed by atoms with Gasteiger partial charge < -0.3 is 30.5 Å². The first-order valence-electron chi connectivity index (χ1n) is 13.5. The summed E-state index contributed by atoms with van der Waals surface area (Å²) in [6, 6.07) is 6.00. The first-order chi connectivity index (χ1) is 20.6. The van der Waals surface area contributed by atoms with E-state index in [9.17, 15) is 24.0 Å². The molecule has 2 saturated heterocycles. The molecule has 5 amide bonds. The second-order valence-corrected chi connectivity index (χ2v) is 11.5. The Labute approximate surface area is 267 Å². The normalized spacial score (nSPS) is 17.1. The molecule has 3 heterocycles. The Bertz CT molecular complexity index is 1380. The van der Waals surface area contributed by atoms with Crippen molar-refractivity contribution < 1.29 is 42.9 Å². The number of carbonyl (C=O) groups is 5. The highest BCUT2D eigenvalue weighted by Gasteiger charge is 2.38. The Morgan fingerprint density at radius 1 is 1.20 bits per heavy atom. The topological polar surface area (TPSA) is 172 Å². The minimum absolute atomic E-state index is 0. The molecule has 0 spiro atoms. The number of morpholine rings is 1. The molecule has 44 heavy (non-hydrogen) atoms. The summed E-state index contributed by atoms with van der Waals surface area (Å²) in [5.41, 5.74) is 5.70. The van der Waals surface area contributed by atoms with Gasteiger partial charge in [-0.2, -0.15) is 0 Å². The van der Waals surface area contributed by atoms with E-state index in [4.69, 9.17) is 31.9 Å². The third-order valence-electron chi connectivity index (χ3n) is 6.76. The second kappa shape index (κ2) is 16.1. The number of unbranched alkanes of at least 4 members (excludes halogenated alkanes) is 1. The standard InChI is InChI=1S/C27H31ClFN5O8S.ClH/c28-22-7-6-21(43-22)26(39)34(23(36)3-1-2-8-31-25(38)19(30)14-35)13-17-12-33(27(40)42-17)20-5-4-16(11-18(20)29)32-9-10-41-15-24(32)37;/h4-7,11,17,19,35H,1-3,8-10,12-15,30H2,(H,31,38);1H/t17-,19+;/m1./s1. The van der Waals surface area contributed by atoms with Crippen LogP contribution < -0.4 is 20.9 Å². The van der Waals surface area contributed by atoms with E-state index in [2.05, 4.69) is 5.32 Å². The summed E-state index contributed by atoms with van der Waals surface area (Å²) in [7, 11) is 0. The number of aliphatic hydroxyl groups is 1. The lowest BCUT2D eigenvalue weighted by molar-refractivity contribution is -0.129. The van der Waals surface area contributed by atoms with Gasteiger partial charge in [-0.15, -0.1) is 23.7 Å². The molecule has 2 aliphatic heterocycles. The van der Waals surface area contributed by atoms with Crippen molar-refractivity contribution in [3.8, 4) is 0 Å². The highest BCUT2D eigenvalue weighted by molar-refractivity contribution is 7.18. The largest absolute Gasteiger partial charge is 0.442 e. The van der Waals surface area contributed by atoms with Gasteiger partial charge in [0.2, 0.25) is 11.8 Å². The van der Waals surface area contributed by atoms with Crippen LogP contribution in [0, 0.1) is 5.82 Å². The molecule has 0 radical (unpaired) electrons. The van der Waals surface area contributed by atoms with E-state index in [0.29, 0.717) is 29.5 Å².